The van der Waals surface area contributed by atoms with Crippen LogP contribution >= 0.6 is 0 Å². The lowest BCUT2D eigenvalue weighted by molar-refractivity contribution is -0.119. The maximum absolute atomic E-state index is 10.3. The molecular formula is C5H9NO. The number of nitrogens with one attached hydrogen (secondary N) is 1. The minimum absolute atomic E-state index is 0.201. The lowest BCUT2D eigenvalue weighted by atomic mass is 10.3. The van der Waals surface area contributed by atoms with Gasteiger partial charge in [-0.2, -0.15) is 0 Å². The van der Waals surface area contributed by atoms with Gasteiger partial charge in [0.25, 0.3) is 0 Å². The molecule has 1 saturated heterocycles. The third-order valence-electron chi connectivity index (χ3n) is 1.21. The Bertz CT molecular complexity index is 90.1. The van der Waals surface area contributed by atoms with Crippen molar-refractivity contribution in [2.24, 2.45) is 0 Å². The normalized spacial score (nSPS) is 30.4. The topological polar surface area (TPSA) is 29.1 Å². The van der Waals surface area contributed by atoms with E-state index in [9.17, 15) is 4.79 Å². The Balaban J connectivity index is 2.40. The Morgan fingerprint density at radius 2 is 2.57 bits per heavy atom. The Morgan fingerprint density at radius 3 is 2.71 bits per heavy atom. The zero-order valence-corrected chi connectivity index (χ0v) is 4.40. The molecule has 0 bridgehead atoms. The van der Waals surface area contributed by atoms with Crippen LogP contribution in [0.4, 0.5) is 0 Å². The minimum Gasteiger partial charge on any atom is -0.354 e. The quantitative estimate of drug-likeness (QED) is 0.464. The molecule has 2 heteroatoms. The Kier molecular flexibility index (Phi) is 1.01. The van der Waals surface area contributed by atoms with E-state index in [1.54, 1.807) is 0 Å². The molecule has 2 nitrogen and oxygen atoms in total. The fourth-order valence-electron chi connectivity index (χ4n) is 0.767. The summed E-state index contributed by atoms with van der Waals surface area (Å²) in [6.45, 7) is 2.02. The molecule has 1 aliphatic heterocycles. The summed E-state index contributed by atoms with van der Waals surface area (Å²) in [5.41, 5.74) is 0. The van der Waals surface area contributed by atoms with E-state index in [0.29, 0.717) is 6.04 Å². The second kappa shape index (κ2) is 1.52. The molecule has 1 aliphatic rings. The summed E-state index contributed by atoms with van der Waals surface area (Å²) in [5.74, 6) is 0.201. The molecule has 1 atom stereocenters. The van der Waals surface area contributed by atoms with Crippen LogP contribution in [0.3, 0.4) is 0 Å². The van der Waals surface area contributed by atoms with Gasteiger partial charge in [-0.25, -0.2) is 0 Å². The molecule has 0 aliphatic carbocycles. The van der Waals surface area contributed by atoms with E-state index < -0.39 is 0 Å². The third kappa shape index (κ3) is 0.918. The van der Waals surface area contributed by atoms with E-state index in [0.717, 1.165) is 12.8 Å². The van der Waals surface area contributed by atoms with Gasteiger partial charge in [0.15, 0.2) is 0 Å². The van der Waals surface area contributed by atoms with Crippen LogP contribution in [0.1, 0.15) is 19.8 Å². The van der Waals surface area contributed by atoms with E-state index in [1.807, 2.05) is 6.92 Å². The van der Waals surface area contributed by atoms with Gasteiger partial charge in [0.2, 0.25) is 5.91 Å². The molecule has 0 radical (unpaired) electrons. The molecule has 0 unspecified atom stereocenters. The Hall–Kier alpha value is -0.530. The molecule has 0 aromatic carbocycles. The maximum atomic E-state index is 10.3. The fourth-order valence-corrected chi connectivity index (χ4v) is 0.767. The molecule has 1 rings (SSSR count). The van der Waals surface area contributed by atoms with Crippen LogP contribution in [-0.4, -0.2) is 11.9 Å². The van der Waals surface area contributed by atoms with Gasteiger partial charge in [-0.3, -0.25) is 4.79 Å². The van der Waals surface area contributed by atoms with E-state index in [-0.39, 0.29) is 5.91 Å². The van der Waals surface area contributed by atoms with Crippen molar-refractivity contribution in [1.29, 1.82) is 0 Å². The average Bonchev–Trinajstić information content (AvgIpc) is 1.87. The van der Waals surface area contributed by atoms with Crippen molar-refractivity contribution >= 4 is 5.91 Å². The van der Waals surface area contributed by atoms with Crippen molar-refractivity contribution in [2.75, 3.05) is 0 Å². The number of hydrogen-bond donors (Lipinski definition) is 1. The first-order chi connectivity index (χ1) is 3.29. The highest BCUT2D eigenvalue weighted by Gasteiger charge is 2.14. The lowest BCUT2D eigenvalue weighted by Crippen LogP contribution is -2.21. The molecule has 1 heterocycles. The predicted molar refractivity (Wildman–Crippen MR) is 26.8 cm³/mol. The largest absolute Gasteiger partial charge is 0.354 e. The minimum atomic E-state index is 0.201. The number of rotatable bonds is 0. The van der Waals surface area contributed by atoms with Crippen molar-refractivity contribution in [1.82, 2.24) is 5.32 Å². The Morgan fingerprint density at radius 1 is 1.86 bits per heavy atom. The van der Waals surface area contributed by atoms with Gasteiger partial charge < -0.3 is 5.32 Å². The average molecular weight is 99.1 g/mol. The van der Waals surface area contributed by atoms with Gasteiger partial charge in [0, 0.05) is 12.5 Å². The molecule has 1 fully saturated rings. The summed E-state index contributed by atoms with van der Waals surface area (Å²) < 4.78 is 0. The van der Waals surface area contributed by atoms with E-state index in [2.05, 4.69) is 5.32 Å². The van der Waals surface area contributed by atoms with E-state index >= 15 is 0 Å². The summed E-state index contributed by atoms with van der Waals surface area (Å²) in [4.78, 5) is 10.3. The number of carbonyl (C=O) groups is 1. The zero-order chi connectivity index (χ0) is 5.28. The van der Waals surface area contributed by atoms with Gasteiger partial charge >= 0.3 is 0 Å². The molecular weight excluding hydrogens is 90.1 g/mol. The summed E-state index contributed by atoms with van der Waals surface area (Å²) in [6.07, 6.45) is 1.74. The van der Waals surface area contributed by atoms with Crippen molar-refractivity contribution in [2.45, 2.75) is 25.8 Å². The summed E-state index contributed by atoms with van der Waals surface area (Å²) in [5, 5.41) is 2.78. The van der Waals surface area contributed by atoms with Gasteiger partial charge in [-0.15, -0.1) is 0 Å². The van der Waals surface area contributed by atoms with Gasteiger partial charge in [-0.1, -0.05) is 0 Å². The van der Waals surface area contributed by atoms with Crippen molar-refractivity contribution in [3.63, 3.8) is 0 Å². The molecule has 0 saturated carbocycles. The summed E-state index contributed by atoms with van der Waals surface area (Å²) in [6, 6.07) is 0.424. The van der Waals surface area contributed by atoms with E-state index in [1.165, 1.54) is 0 Å². The van der Waals surface area contributed by atoms with Crippen molar-refractivity contribution in [3.8, 4) is 0 Å². The fraction of sp³-hybridized carbons (Fsp3) is 0.800. The molecule has 0 aromatic rings. The molecule has 40 valence electrons. The second-order valence-electron chi connectivity index (χ2n) is 2.01. The summed E-state index contributed by atoms with van der Waals surface area (Å²) >= 11 is 0. The van der Waals surface area contributed by atoms with Crippen molar-refractivity contribution in [3.05, 3.63) is 0 Å². The highest BCUT2D eigenvalue weighted by Crippen LogP contribution is 2.03. The van der Waals surface area contributed by atoms with Crippen LogP contribution in [0.2, 0.25) is 0 Å². The molecule has 0 aromatic heterocycles. The number of hydrogen-bond acceptors (Lipinski definition) is 1. The van der Waals surface area contributed by atoms with Gasteiger partial charge in [-0.05, 0) is 13.3 Å². The Labute approximate surface area is 42.9 Å². The van der Waals surface area contributed by atoms with Crippen LogP contribution < -0.4 is 5.32 Å². The maximum Gasteiger partial charge on any atom is 0.220 e. The van der Waals surface area contributed by atoms with Crippen LogP contribution in [0, 0.1) is 0 Å². The van der Waals surface area contributed by atoms with Crippen LogP contribution in [0.15, 0.2) is 0 Å². The number of carbonyl (C=O) groups excluding carboxylic acids is 1. The van der Waals surface area contributed by atoms with Gasteiger partial charge in [0.05, 0.1) is 0 Å². The standard InChI is InChI=1S/C5H9NO/c1-4-2-3-5(7)6-4/h4H,2-3H2,1H3,(H,6,7)/t4-/m1/s1. The molecule has 1 N–H and O–H groups in total. The second-order valence-corrected chi connectivity index (χ2v) is 2.01. The molecule has 1 amide bonds. The smallest absolute Gasteiger partial charge is 0.220 e. The molecule has 7 heavy (non-hydrogen) atoms. The first-order valence-corrected chi connectivity index (χ1v) is 2.58. The van der Waals surface area contributed by atoms with Crippen molar-refractivity contribution < 1.29 is 4.79 Å². The highest BCUT2D eigenvalue weighted by atomic mass is 16.1. The first-order valence-electron chi connectivity index (χ1n) is 2.58. The van der Waals surface area contributed by atoms with Crippen LogP contribution in [-0.2, 0) is 4.79 Å². The monoisotopic (exact) mass is 99.1 g/mol. The third-order valence-corrected chi connectivity index (χ3v) is 1.21. The predicted octanol–water partition coefficient (Wildman–Crippen LogP) is 0.285. The first kappa shape index (κ1) is 4.62. The van der Waals surface area contributed by atoms with E-state index in [4.69, 9.17) is 0 Å². The van der Waals surface area contributed by atoms with Gasteiger partial charge in [0.1, 0.15) is 0 Å². The van der Waals surface area contributed by atoms with Crippen LogP contribution in [0.25, 0.3) is 0 Å². The zero-order valence-electron chi connectivity index (χ0n) is 4.40. The SMILES string of the molecule is C[C@@H]1CCC(=O)N1. The number of amides is 1. The van der Waals surface area contributed by atoms with Crippen LogP contribution in [0.5, 0.6) is 0 Å². The highest BCUT2D eigenvalue weighted by molar-refractivity contribution is 5.78. The summed E-state index contributed by atoms with van der Waals surface area (Å²) in [7, 11) is 0. The molecule has 0 spiro atoms. The lowest BCUT2D eigenvalue weighted by Gasteiger charge is -1.95.